The average Bonchev–Trinajstić information content (AvgIpc) is 1.96. The van der Waals surface area contributed by atoms with Crippen LogP contribution in [0.2, 0.25) is 0 Å². The lowest BCUT2D eigenvalue weighted by Gasteiger charge is -2.23. The second-order valence-corrected chi connectivity index (χ2v) is 6.27. The van der Waals surface area contributed by atoms with Crippen molar-refractivity contribution in [1.29, 1.82) is 0 Å². The largest absolute Gasteiger partial charge is 0.356 e. The van der Waals surface area contributed by atoms with Gasteiger partial charge in [-0.05, 0) is 23.7 Å². The zero-order valence-electron chi connectivity index (χ0n) is 11.2. The van der Waals surface area contributed by atoms with Crippen LogP contribution in [0.4, 0.5) is 0 Å². The predicted octanol–water partition coefficient (Wildman–Crippen LogP) is 3.22. The van der Waals surface area contributed by atoms with Crippen LogP contribution in [0.15, 0.2) is 0 Å². The SMILES string of the molecule is CC(C)CC(=O)NCC(C)CC(C)(C)C. The van der Waals surface area contributed by atoms with Crippen molar-refractivity contribution in [2.45, 2.75) is 54.4 Å². The normalized spacial score (nSPS) is 14.1. The second-order valence-electron chi connectivity index (χ2n) is 6.27. The first-order valence-electron chi connectivity index (χ1n) is 5.97. The molecule has 0 saturated heterocycles. The van der Waals surface area contributed by atoms with Gasteiger partial charge in [0.1, 0.15) is 0 Å². The van der Waals surface area contributed by atoms with Crippen molar-refractivity contribution in [2.24, 2.45) is 17.3 Å². The summed E-state index contributed by atoms with van der Waals surface area (Å²) in [5.41, 5.74) is 0.349. The third-order valence-electron chi connectivity index (χ3n) is 2.20. The number of hydrogen-bond donors (Lipinski definition) is 1. The highest BCUT2D eigenvalue weighted by Crippen LogP contribution is 2.23. The molecule has 90 valence electrons. The van der Waals surface area contributed by atoms with E-state index >= 15 is 0 Å². The fraction of sp³-hybridized carbons (Fsp3) is 0.923. The molecule has 0 aliphatic carbocycles. The molecule has 1 unspecified atom stereocenters. The molecule has 1 N–H and O–H groups in total. The van der Waals surface area contributed by atoms with Crippen LogP contribution in [0, 0.1) is 17.3 Å². The number of hydrogen-bond acceptors (Lipinski definition) is 1. The van der Waals surface area contributed by atoms with Crippen molar-refractivity contribution in [1.82, 2.24) is 5.32 Å². The number of rotatable bonds is 5. The molecule has 0 radical (unpaired) electrons. The smallest absolute Gasteiger partial charge is 0.220 e. The Morgan fingerprint density at radius 1 is 1.20 bits per heavy atom. The first-order chi connectivity index (χ1) is 6.70. The number of carbonyl (C=O) groups excluding carboxylic acids is 1. The maximum atomic E-state index is 11.4. The van der Waals surface area contributed by atoms with Gasteiger partial charge >= 0.3 is 0 Å². The molecule has 15 heavy (non-hydrogen) atoms. The molecule has 0 aromatic rings. The molecule has 0 saturated carbocycles. The molecule has 2 heteroatoms. The Morgan fingerprint density at radius 2 is 1.73 bits per heavy atom. The Balaban J connectivity index is 3.71. The monoisotopic (exact) mass is 213 g/mol. The van der Waals surface area contributed by atoms with Crippen LogP contribution in [0.3, 0.4) is 0 Å². The van der Waals surface area contributed by atoms with Crippen LogP contribution < -0.4 is 5.32 Å². The molecule has 0 aromatic carbocycles. The van der Waals surface area contributed by atoms with E-state index in [0.717, 1.165) is 13.0 Å². The highest BCUT2D eigenvalue weighted by atomic mass is 16.1. The van der Waals surface area contributed by atoms with Gasteiger partial charge in [-0.2, -0.15) is 0 Å². The molecule has 0 aromatic heterocycles. The lowest BCUT2D eigenvalue weighted by atomic mass is 9.85. The maximum Gasteiger partial charge on any atom is 0.220 e. The minimum atomic E-state index is 0.186. The summed E-state index contributed by atoms with van der Waals surface area (Å²) in [6.07, 6.45) is 1.79. The Bertz CT molecular complexity index is 191. The van der Waals surface area contributed by atoms with Gasteiger partial charge in [0.25, 0.3) is 0 Å². The van der Waals surface area contributed by atoms with Crippen LogP contribution in [-0.4, -0.2) is 12.5 Å². The number of nitrogens with one attached hydrogen (secondary N) is 1. The summed E-state index contributed by atoms with van der Waals surface area (Å²) in [4.78, 5) is 11.4. The quantitative estimate of drug-likeness (QED) is 0.746. The molecule has 0 spiro atoms. The van der Waals surface area contributed by atoms with Gasteiger partial charge in [0, 0.05) is 13.0 Å². The van der Waals surface area contributed by atoms with E-state index in [1.54, 1.807) is 0 Å². The minimum Gasteiger partial charge on any atom is -0.356 e. The van der Waals surface area contributed by atoms with E-state index in [-0.39, 0.29) is 5.91 Å². The lowest BCUT2D eigenvalue weighted by molar-refractivity contribution is -0.122. The second kappa shape index (κ2) is 6.14. The Kier molecular flexibility index (Phi) is 5.92. The Morgan fingerprint density at radius 3 is 2.13 bits per heavy atom. The lowest BCUT2D eigenvalue weighted by Crippen LogP contribution is -2.30. The van der Waals surface area contributed by atoms with Crippen LogP contribution in [0.25, 0.3) is 0 Å². The summed E-state index contributed by atoms with van der Waals surface area (Å²) in [7, 11) is 0. The molecule has 1 amide bonds. The predicted molar refractivity (Wildman–Crippen MR) is 65.7 cm³/mol. The molecule has 0 heterocycles. The van der Waals surface area contributed by atoms with Gasteiger partial charge < -0.3 is 5.32 Å². The van der Waals surface area contributed by atoms with E-state index in [1.165, 1.54) is 0 Å². The molecular formula is C13H27NO. The van der Waals surface area contributed by atoms with Crippen molar-refractivity contribution >= 4 is 5.91 Å². The summed E-state index contributed by atoms with van der Waals surface area (Å²) in [6, 6.07) is 0. The molecule has 0 bridgehead atoms. The summed E-state index contributed by atoms with van der Waals surface area (Å²) in [5.74, 6) is 1.19. The van der Waals surface area contributed by atoms with Gasteiger partial charge in [-0.25, -0.2) is 0 Å². The van der Waals surface area contributed by atoms with Gasteiger partial charge in [0.15, 0.2) is 0 Å². The van der Waals surface area contributed by atoms with E-state index in [9.17, 15) is 4.79 Å². The molecule has 1 atom stereocenters. The van der Waals surface area contributed by atoms with E-state index in [1.807, 2.05) is 0 Å². The molecule has 0 aliphatic rings. The molecule has 2 nitrogen and oxygen atoms in total. The van der Waals surface area contributed by atoms with Crippen LogP contribution in [0.1, 0.15) is 54.4 Å². The van der Waals surface area contributed by atoms with Gasteiger partial charge in [0.05, 0.1) is 0 Å². The summed E-state index contributed by atoms with van der Waals surface area (Å²) >= 11 is 0. The van der Waals surface area contributed by atoms with Crippen molar-refractivity contribution < 1.29 is 4.79 Å². The van der Waals surface area contributed by atoms with Crippen LogP contribution >= 0.6 is 0 Å². The van der Waals surface area contributed by atoms with Gasteiger partial charge in [-0.3, -0.25) is 4.79 Å². The minimum absolute atomic E-state index is 0.186. The summed E-state index contributed by atoms with van der Waals surface area (Å²) in [6.45, 7) is 13.8. The first-order valence-corrected chi connectivity index (χ1v) is 5.97. The van der Waals surface area contributed by atoms with Crippen molar-refractivity contribution in [3.63, 3.8) is 0 Å². The van der Waals surface area contributed by atoms with Crippen molar-refractivity contribution in [3.05, 3.63) is 0 Å². The van der Waals surface area contributed by atoms with E-state index < -0.39 is 0 Å². The third-order valence-corrected chi connectivity index (χ3v) is 2.20. The summed E-state index contributed by atoms with van der Waals surface area (Å²) in [5, 5.41) is 3.00. The first kappa shape index (κ1) is 14.5. The molecule has 0 rings (SSSR count). The van der Waals surface area contributed by atoms with Crippen LogP contribution in [-0.2, 0) is 4.79 Å². The Labute approximate surface area is 94.8 Å². The molecule has 0 fully saturated rings. The van der Waals surface area contributed by atoms with Crippen molar-refractivity contribution in [3.8, 4) is 0 Å². The summed E-state index contributed by atoms with van der Waals surface area (Å²) < 4.78 is 0. The zero-order chi connectivity index (χ0) is 12.1. The van der Waals surface area contributed by atoms with Gasteiger partial charge in [-0.1, -0.05) is 41.5 Å². The number of amides is 1. The fourth-order valence-corrected chi connectivity index (χ4v) is 1.85. The molecular weight excluding hydrogens is 186 g/mol. The number of carbonyl (C=O) groups is 1. The standard InChI is InChI=1S/C13H27NO/c1-10(2)7-12(15)14-9-11(3)8-13(4,5)6/h10-11H,7-9H2,1-6H3,(H,14,15). The maximum absolute atomic E-state index is 11.4. The van der Waals surface area contributed by atoms with E-state index in [2.05, 4.69) is 46.9 Å². The van der Waals surface area contributed by atoms with E-state index in [4.69, 9.17) is 0 Å². The highest BCUT2D eigenvalue weighted by molar-refractivity contribution is 5.75. The zero-order valence-corrected chi connectivity index (χ0v) is 11.2. The van der Waals surface area contributed by atoms with Crippen molar-refractivity contribution in [2.75, 3.05) is 6.54 Å². The van der Waals surface area contributed by atoms with Crippen LogP contribution in [0.5, 0.6) is 0 Å². The third kappa shape index (κ3) is 9.77. The van der Waals surface area contributed by atoms with E-state index in [0.29, 0.717) is 23.7 Å². The fourth-order valence-electron chi connectivity index (χ4n) is 1.85. The van der Waals surface area contributed by atoms with Gasteiger partial charge in [0.2, 0.25) is 5.91 Å². The van der Waals surface area contributed by atoms with Gasteiger partial charge in [-0.15, -0.1) is 0 Å². The Hall–Kier alpha value is -0.530. The molecule has 0 aliphatic heterocycles. The highest BCUT2D eigenvalue weighted by Gasteiger charge is 2.15. The average molecular weight is 213 g/mol. The topological polar surface area (TPSA) is 29.1 Å².